The number of nitriles is 2. The van der Waals surface area contributed by atoms with Gasteiger partial charge in [-0.05, 0) is 36.1 Å². The summed E-state index contributed by atoms with van der Waals surface area (Å²) in [7, 11) is 0. The van der Waals surface area contributed by atoms with Crippen molar-refractivity contribution in [2.45, 2.75) is 39.5 Å². The van der Waals surface area contributed by atoms with E-state index in [0.717, 1.165) is 48.1 Å². The van der Waals surface area contributed by atoms with Crippen LogP contribution in [0.3, 0.4) is 0 Å². The Morgan fingerprint density at radius 3 is 2.17 bits per heavy atom. The van der Waals surface area contributed by atoms with Gasteiger partial charge < -0.3 is 4.74 Å². The number of hydrogen-bond acceptors (Lipinski definition) is 3. The summed E-state index contributed by atoms with van der Waals surface area (Å²) in [5, 5.41) is 19.0. The fraction of sp³-hybridized carbons (Fsp3) is 0.333. The largest absolute Gasteiger partial charge is 0.494 e. The van der Waals surface area contributed by atoms with Gasteiger partial charge in [-0.25, -0.2) is 0 Å². The Hall–Kier alpha value is -2.78. The van der Waals surface area contributed by atoms with Gasteiger partial charge >= 0.3 is 0 Å². The summed E-state index contributed by atoms with van der Waals surface area (Å²) in [4.78, 5) is 0. The van der Waals surface area contributed by atoms with Crippen molar-refractivity contribution in [2.24, 2.45) is 0 Å². The highest BCUT2D eigenvalue weighted by molar-refractivity contribution is 5.75. The highest BCUT2D eigenvalue weighted by Crippen LogP contribution is 2.29. The maximum absolute atomic E-state index is 9.56. The maximum Gasteiger partial charge on any atom is 0.119 e. The molecule has 0 atom stereocenters. The molecule has 0 aliphatic rings. The molecule has 2 aromatic rings. The first-order valence-corrected chi connectivity index (χ1v) is 8.44. The van der Waals surface area contributed by atoms with Crippen LogP contribution in [0.4, 0.5) is 0 Å². The Morgan fingerprint density at radius 2 is 1.58 bits per heavy atom. The molecule has 3 heteroatoms. The van der Waals surface area contributed by atoms with Crippen molar-refractivity contribution in [2.75, 3.05) is 6.61 Å². The van der Waals surface area contributed by atoms with Crippen LogP contribution in [-0.4, -0.2) is 6.61 Å². The fourth-order valence-electron chi connectivity index (χ4n) is 2.67. The van der Waals surface area contributed by atoms with Crippen LogP contribution in [0.25, 0.3) is 11.1 Å². The van der Waals surface area contributed by atoms with Crippen LogP contribution < -0.4 is 4.74 Å². The molecule has 0 saturated heterocycles. The second-order valence-electron chi connectivity index (χ2n) is 5.72. The smallest absolute Gasteiger partial charge is 0.119 e. The number of aryl methyl sites for hydroxylation is 1. The first kappa shape index (κ1) is 17.6. The van der Waals surface area contributed by atoms with Gasteiger partial charge in [-0.3, -0.25) is 0 Å². The molecule has 0 unspecified atom stereocenters. The van der Waals surface area contributed by atoms with Crippen molar-refractivity contribution in [1.82, 2.24) is 0 Å². The molecule has 0 aliphatic heterocycles. The number of benzene rings is 2. The molecule has 3 nitrogen and oxygen atoms in total. The lowest BCUT2D eigenvalue weighted by Gasteiger charge is -2.11. The molecular formula is C21H22N2O. The molecule has 2 aromatic carbocycles. The zero-order chi connectivity index (χ0) is 17.4. The first-order valence-electron chi connectivity index (χ1n) is 8.44. The summed E-state index contributed by atoms with van der Waals surface area (Å²) in [5.74, 6) is 0.828. The summed E-state index contributed by atoms with van der Waals surface area (Å²) in [6.45, 7) is 4.91. The minimum Gasteiger partial charge on any atom is -0.494 e. The third-order valence-electron chi connectivity index (χ3n) is 3.97. The number of unbranched alkanes of at least 4 members (excludes halogenated alkanes) is 1. The van der Waals surface area contributed by atoms with Crippen LogP contribution >= 0.6 is 0 Å². The summed E-state index contributed by atoms with van der Waals surface area (Å²) in [6.07, 6.45) is 3.89. The van der Waals surface area contributed by atoms with Crippen LogP contribution in [0, 0.1) is 22.7 Å². The second kappa shape index (κ2) is 8.75. The van der Waals surface area contributed by atoms with E-state index in [1.165, 1.54) is 0 Å². The van der Waals surface area contributed by atoms with Crippen LogP contribution in [0.5, 0.6) is 5.75 Å². The van der Waals surface area contributed by atoms with Crippen LogP contribution in [-0.2, 0) is 6.42 Å². The molecular weight excluding hydrogens is 296 g/mol. The molecule has 0 fully saturated rings. The van der Waals surface area contributed by atoms with Crippen molar-refractivity contribution in [3.8, 4) is 29.0 Å². The highest BCUT2D eigenvalue weighted by atomic mass is 16.5. The van der Waals surface area contributed by atoms with E-state index in [0.29, 0.717) is 17.7 Å². The Bertz CT molecular complexity index is 764. The molecule has 0 bridgehead atoms. The fourth-order valence-corrected chi connectivity index (χ4v) is 2.67. The SMILES string of the molecule is CCCCOc1ccc(-c2ccc(CCC)c(C#N)c2C#N)cc1. The lowest BCUT2D eigenvalue weighted by molar-refractivity contribution is 0.309. The van der Waals surface area contributed by atoms with Crippen molar-refractivity contribution in [3.05, 3.63) is 53.1 Å². The zero-order valence-corrected chi connectivity index (χ0v) is 14.3. The van der Waals surface area contributed by atoms with Gasteiger partial charge in [0.15, 0.2) is 0 Å². The Balaban J connectivity index is 2.35. The van der Waals surface area contributed by atoms with E-state index >= 15 is 0 Å². The monoisotopic (exact) mass is 318 g/mol. The number of rotatable bonds is 7. The minimum atomic E-state index is 0.461. The summed E-state index contributed by atoms with van der Waals surface area (Å²) in [6, 6.07) is 16.0. The molecule has 24 heavy (non-hydrogen) atoms. The van der Waals surface area contributed by atoms with Gasteiger partial charge in [0.2, 0.25) is 0 Å². The molecule has 0 aromatic heterocycles. The van der Waals surface area contributed by atoms with Crippen molar-refractivity contribution < 1.29 is 4.74 Å². The molecule has 0 spiro atoms. The second-order valence-corrected chi connectivity index (χ2v) is 5.72. The molecule has 2 rings (SSSR count). The van der Waals surface area contributed by atoms with E-state index in [-0.39, 0.29) is 0 Å². The summed E-state index contributed by atoms with van der Waals surface area (Å²) >= 11 is 0. The van der Waals surface area contributed by atoms with Gasteiger partial charge in [0, 0.05) is 5.56 Å². The van der Waals surface area contributed by atoms with E-state index < -0.39 is 0 Å². The third-order valence-corrected chi connectivity index (χ3v) is 3.97. The van der Waals surface area contributed by atoms with E-state index in [4.69, 9.17) is 4.74 Å². The normalized spacial score (nSPS) is 10.0. The Labute approximate surface area is 144 Å². The van der Waals surface area contributed by atoms with E-state index in [1.54, 1.807) is 0 Å². The lowest BCUT2D eigenvalue weighted by Crippen LogP contribution is -1.98. The lowest BCUT2D eigenvalue weighted by atomic mass is 9.91. The Morgan fingerprint density at radius 1 is 0.875 bits per heavy atom. The predicted octanol–water partition coefficient (Wildman–Crippen LogP) is 5.23. The van der Waals surface area contributed by atoms with Gasteiger partial charge in [0.1, 0.15) is 17.9 Å². The minimum absolute atomic E-state index is 0.461. The van der Waals surface area contributed by atoms with Gasteiger partial charge in [-0.15, -0.1) is 0 Å². The molecule has 0 aliphatic carbocycles. The molecule has 0 amide bonds. The average molecular weight is 318 g/mol. The van der Waals surface area contributed by atoms with Crippen molar-refractivity contribution in [3.63, 3.8) is 0 Å². The molecule has 0 radical (unpaired) electrons. The highest BCUT2D eigenvalue weighted by Gasteiger charge is 2.14. The van der Waals surface area contributed by atoms with Crippen molar-refractivity contribution in [1.29, 1.82) is 10.5 Å². The quantitative estimate of drug-likeness (QED) is 0.657. The standard InChI is InChI=1S/C21H22N2O/c1-3-5-13-24-18-10-7-17(8-11-18)19-12-9-16(6-4-2)20(14-22)21(19)15-23/h7-12H,3-6,13H2,1-2H3. The summed E-state index contributed by atoms with van der Waals surface area (Å²) in [5.41, 5.74) is 3.63. The topological polar surface area (TPSA) is 56.8 Å². The average Bonchev–Trinajstić information content (AvgIpc) is 2.62. The molecule has 122 valence electrons. The maximum atomic E-state index is 9.56. The van der Waals surface area contributed by atoms with Gasteiger partial charge in [-0.1, -0.05) is 51.0 Å². The van der Waals surface area contributed by atoms with Crippen molar-refractivity contribution >= 4 is 0 Å². The number of hydrogen-bond donors (Lipinski definition) is 0. The van der Waals surface area contributed by atoms with Gasteiger partial charge in [-0.2, -0.15) is 10.5 Å². The van der Waals surface area contributed by atoms with Crippen LogP contribution in [0.2, 0.25) is 0 Å². The van der Waals surface area contributed by atoms with E-state index in [9.17, 15) is 10.5 Å². The molecule has 0 saturated carbocycles. The van der Waals surface area contributed by atoms with Crippen LogP contribution in [0.15, 0.2) is 36.4 Å². The first-order chi connectivity index (χ1) is 11.7. The summed E-state index contributed by atoms with van der Waals surface area (Å²) < 4.78 is 5.67. The predicted molar refractivity (Wildman–Crippen MR) is 95.7 cm³/mol. The van der Waals surface area contributed by atoms with E-state index in [1.807, 2.05) is 36.4 Å². The number of nitrogens with zero attached hydrogens (tertiary/aromatic N) is 2. The molecule has 0 heterocycles. The van der Waals surface area contributed by atoms with Crippen LogP contribution in [0.1, 0.15) is 49.8 Å². The van der Waals surface area contributed by atoms with Gasteiger partial charge in [0.05, 0.1) is 17.7 Å². The van der Waals surface area contributed by atoms with Gasteiger partial charge in [0.25, 0.3) is 0 Å². The zero-order valence-electron chi connectivity index (χ0n) is 14.3. The number of ether oxygens (including phenoxy) is 1. The molecule has 0 N–H and O–H groups in total. The van der Waals surface area contributed by atoms with E-state index in [2.05, 4.69) is 26.0 Å². The third kappa shape index (κ3) is 3.94. The Kier molecular flexibility index (Phi) is 6.41.